The Morgan fingerprint density at radius 3 is 2.60 bits per heavy atom. The first-order valence-corrected chi connectivity index (χ1v) is 5.78. The van der Waals surface area contributed by atoms with E-state index in [1.807, 2.05) is 0 Å². The molecule has 1 aromatic rings. The van der Waals surface area contributed by atoms with Crippen molar-refractivity contribution in [3.63, 3.8) is 0 Å². The first-order chi connectivity index (χ1) is 6.91. The molecule has 0 radical (unpaired) electrons. The van der Waals surface area contributed by atoms with Crippen LogP contribution < -0.4 is 5.73 Å². The topological polar surface area (TPSA) is 93.3 Å². The van der Waals surface area contributed by atoms with Crippen LogP contribution in [-0.2, 0) is 4.79 Å². The zero-order valence-corrected chi connectivity index (χ0v) is 9.82. The van der Waals surface area contributed by atoms with Gasteiger partial charge in [0, 0.05) is 0 Å². The lowest BCUT2D eigenvalue weighted by Crippen LogP contribution is -2.22. The van der Waals surface area contributed by atoms with Gasteiger partial charge in [0.25, 0.3) is 0 Å². The Labute approximate surface area is 94.7 Å². The van der Waals surface area contributed by atoms with Crippen molar-refractivity contribution in [2.24, 2.45) is 5.73 Å². The molecule has 1 unspecified atom stereocenters. The Morgan fingerprint density at radius 2 is 2.20 bits per heavy atom. The van der Waals surface area contributed by atoms with Crippen molar-refractivity contribution in [2.45, 2.75) is 23.4 Å². The smallest absolute Gasteiger partial charge is 0.347 e. The number of carboxylic acid groups (broad SMARTS) is 1. The summed E-state index contributed by atoms with van der Waals surface area (Å²) in [5.74, 6) is -1.44. The number of aromatic carboxylic acids is 1. The highest BCUT2D eigenvalue weighted by Crippen LogP contribution is 2.29. The minimum atomic E-state index is -0.997. The number of thiazole rings is 1. The average Bonchev–Trinajstić information content (AvgIpc) is 2.46. The number of nitrogens with two attached hydrogens (primary N) is 1. The molecular weight excluding hydrogens is 236 g/mol. The van der Waals surface area contributed by atoms with Gasteiger partial charge in [0.1, 0.15) is 4.88 Å². The third kappa shape index (κ3) is 2.93. The van der Waals surface area contributed by atoms with Gasteiger partial charge in [-0.15, -0.1) is 11.3 Å². The second-order valence-corrected chi connectivity index (χ2v) is 5.45. The molecule has 82 valence electrons. The highest BCUT2D eigenvalue weighted by atomic mass is 32.2. The second-order valence-electron chi connectivity index (χ2n) is 2.86. The highest BCUT2D eigenvalue weighted by molar-refractivity contribution is 8.02. The van der Waals surface area contributed by atoms with E-state index < -0.39 is 17.1 Å². The molecule has 0 bridgehead atoms. The fraction of sp³-hybridized carbons (Fsp3) is 0.375. The van der Waals surface area contributed by atoms with Crippen molar-refractivity contribution < 1.29 is 14.7 Å². The van der Waals surface area contributed by atoms with Crippen LogP contribution in [0, 0.1) is 6.92 Å². The molecule has 0 aromatic carbocycles. The molecule has 0 aliphatic carbocycles. The number of hydrogen-bond donors (Lipinski definition) is 2. The molecule has 0 aliphatic heterocycles. The monoisotopic (exact) mass is 246 g/mol. The molecule has 1 aromatic heterocycles. The van der Waals surface area contributed by atoms with E-state index in [4.69, 9.17) is 10.8 Å². The summed E-state index contributed by atoms with van der Waals surface area (Å²) in [4.78, 5) is 25.8. The van der Waals surface area contributed by atoms with Crippen LogP contribution in [0.2, 0.25) is 0 Å². The van der Waals surface area contributed by atoms with Crippen LogP contribution in [0.3, 0.4) is 0 Å². The summed E-state index contributed by atoms with van der Waals surface area (Å²) in [5.41, 5.74) is 5.55. The van der Waals surface area contributed by atoms with E-state index in [-0.39, 0.29) is 4.88 Å². The molecule has 0 spiro atoms. The van der Waals surface area contributed by atoms with Gasteiger partial charge in [-0.1, -0.05) is 11.8 Å². The summed E-state index contributed by atoms with van der Waals surface area (Å²) in [6.07, 6.45) is 0. The molecule has 15 heavy (non-hydrogen) atoms. The van der Waals surface area contributed by atoms with Crippen molar-refractivity contribution in [3.05, 3.63) is 10.6 Å². The van der Waals surface area contributed by atoms with E-state index in [0.29, 0.717) is 10.0 Å². The van der Waals surface area contributed by atoms with Gasteiger partial charge in [-0.3, -0.25) is 4.79 Å². The van der Waals surface area contributed by atoms with Crippen LogP contribution in [-0.4, -0.2) is 27.2 Å². The van der Waals surface area contributed by atoms with Crippen molar-refractivity contribution in [1.82, 2.24) is 4.98 Å². The molecule has 1 rings (SSSR count). The number of carboxylic acids is 1. The number of primary amides is 1. The predicted octanol–water partition coefficient (Wildman–Crippen LogP) is 1.12. The van der Waals surface area contributed by atoms with Crippen molar-refractivity contribution >= 4 is 35.0 Å². The van der Waals surface area contributed by atoms with Crippen molar-refractivity contribution in [2.75, 3.05) is 0 Å². The van der Waals surface area contributed by atoms with E-state index in [2.05, 4.69) is 4.98 Å². The maximum atomic E-state index is 10.8. The molecular formula is C8H10N2O3S2. The minimum absolute atomic E-state index is 0.203. The molecule has 0 saturated carbocycles. The molecule has 0 fully saturated rings. The molecule has 3 N–H and O–H groups in total. The molecule has 1 heterocycles. The van der Waals surface area contributed by atoms with E-state index in [1.54, 1.807) is 13.8 Å². The average molecular weight is 246 g/mol. The highest BCUT2D eigenvalue weighted by Gasteiger charge is 2.18. The van der Waals surface area contributed by atoms with Gasteiger partial charge in [0.05, 0.1) is 10.9 Å². The summed E-state index contributed by atoms with van der Waals surface area (Å²) in [6.45, 7) is 3.28. The third-order valence-corrected chi connectivity index (χ3v) is 4.01. The van der Waals surface area contributed by atoms with Gasteiger partial charge in [-0.25, -0.2) is 9.78 Å². The van der Waals surface area contributed by atoms with Gasteiger partial charge < -0.3 is 10.8 Å². The lowest BCUT2D eigenvalue weighted by molar-refractivity contribution is -0.117. The van der Waals surface area contributed by atoms with Gasteiger partial charge in [-0.05, 0) is 13.8 Å². The van der Waals surface area contributed by atoms with Crippen molar-refractivity contribution in [1.29, 1.82) is 0 Å². The first kappa shape index (κ1) is 12.0. The Bertz CT molecular complexity index is 403. The minimum Gasteiger partial charge on any atom is -0.477 e. The first-order valence-electron chi connectivity index (χ1n) is 4.08. The number of aromatic nitrogens is 1. The predicted molar refractivity (Wildman–Crippen MR) is 58.3 cm³/mol. The standard InChI is InChI=1S/C8H10N2O3S2/c1-3-5(7(12)13)15-8(10-3)14-4(2)6(9)11/h4H,1-2H3,(H2,9,11)(H,12,13). The Balaban J connectivity index is 2.84. The SMILES string of the molecule is Cc1nc(SC(C)C(N)=O)sc1C(=O)O. The number of rotatable bonds is 4. The lowest BCUT2D eigenvalue weighted by Gasteiger charge is -2.01. The molecule has 0 saturated heterocycles. The number of nitrogens with zero attached hydrogens (tertiary/aromatic N) is 1. The van der Waals surface area contributed by atoms with Crippen LogP contribution in [0.5, 0.6) is 0 Å². The largest absolute Gasteiger partial charge is 0.477 e. The van der Waals surface area contributed by atoms with Gasteiger partial charge in [0.2, 0.25) is 5.91 Å². The van der Waals surface area contributed by atoms with Crippen LogP contribution >= 0.6 is 23.1 Å². The Morgan fingerprint density at radius 1 is 1.60 bits per heavy atom. The molecule has 0 aliphatic rings. The van der Waals surface area contributed by atoms with E-state index >= 15 is 0 Å². The Hall–Kier alpha value is -1.08. The fourth-order valence-electron chi connectivity index (χ4n) is 0.830. The van der Waals surface area contributed by atoms with Crippen LogP contribution in [0.15, 0.2) is 4.34 Å². The zero-order chi connectivity index (χ0) is 11.6. The number of carbonyl (C=O) groups is 2. The maximum absolute atomic E-state index is 10.8. The zero-order valence-electron chi connectivity index (χ0n) is 8.18. The third-order valence-electron chi connectivity index (χ3n) is 1.65. The van der Waals surface area contributed by atoms with Gasteiger partial charge in [0.15, 0.2) is 4.34 Å². The summed E-state index contributed by atoms with van der Waals surface area (Å²) in [7, 11) is 0. The number of hydrogen-bond acceptors (Lipinski definition) is 5. The van der Waals surface area contributed by atoms with Crippen LogP contribution in [0.1, 0.15) is 22.3 Å². The van der Waals surface area contributed by atoms with Gasteiger partial charge in [-0.2, -0.15) is 0 Å². The number of thioether (sulfide) groups is 1. The molecule has 1 amide bonds. The summed E-state index contributed by atoms with van der Waals surface area (Å²) >= 11 is 2.23. The molecule has 7 heteroatoms. The molecule has 5 nitrogen and oxygen atoms in total. The fourth-order valence-corrected chi connectivity index (χ4v) is 2.95. The quantitative estimate of drug-likeness (QED) is 0.776. The van der Waals surface area contributed by atoms with Crippen LogP contribution in [0.4, 0.5) is 0 Å². The second kappa shape index (κ2) is 4.63. The van der Waals surface area contributed by atoms with Crippen molar-refractivity contribution in [3.8, 4) is 0 Å². The lowest BCUT2D eigenvalue weighted by atomic mass is 10.4. The Kier molecular flexibility index (Phi) is 3.70. The van der Waals surface area contributed by atoms with E-state index in [1.165, 1.54) is 11.8 Å². The summed E-state index contributed by atoms with van der Waals surface area (Å²) in [6, 6.07) is 0. The maximum Gasteiger partial charge on any atom is 0.347 e. The number of carbonyl (C=O) groups excluding carboxylic acids is 1. The van der Waals surface area contributed by atoms with E-state index in [9.17, 15) is 9.59 Å². The summed E-state index contributed by atoms with van der Waals surface area (Å²) < 4.78 is 0.552. The van der Waals surface area contributed by atoms with Crippen LogP contribution in [0.25, 0.3) is 0 Å². The summed E-state index contributed by atoms with van der Waals surface area (Å²) in [5, 5.41) is 8.39. The van der Waals surface area contributed by atoms with E-state index in [0.717, 1.165) is 11.3 Å². The molecule has 1 atom stereocenters. The number of amides is 1. The van der Waals surface area contributed by atoms with Gasteiger partial charge >= 0.3 is 5.97 Å². The number of aryl methyl sites for hydroxylation is 1. The normalized spacial score (nSPS) is 12.4.